The minimum atomic E-state index is -0.361. The third-order valence-corrected chi connectivity index (χ3v) is 2.47. The molecule has 1 N–H and O–H groups in total. The molecule has 0 unspecified atom stereocenters. The normalized spacial score (nSPS) is 10.6. The van der Waals surface area contributed by atoms with Gasteiger partial charge in [0.15, 0.2) is 10.6 Å². The predicted octanol–water partition coefficient (Wildman–Crippen LogP) is 2.55. The molecule has 2 aromatic heterocycles. The lowest BCUT2D eigenvalue weighted by atomic mass is 10.3. The van der Waals surface area contributed by atoms with Crippen LogP contribution < -0.4 is 0 Å². The molecule has 0 aliphatic rings. The molecule has 0 fully saturated rings. The zero-order valence-corrected chi connectivity index (χ0v) is 9.59. The number of hydrogen-bond donors (Lipinski definition) is 1. The lowest BCUT2D eigenvalue weighted by molar-refractivity contribution is 0.621. The van der Waals surface area contributed by atoms with Gasteiger partial charge in [-0.05, 0) is 30.8 Å². The van der Waals surface area contributed by atoms with Gasteiger partial charge in [0.25, 0.3) is 0 Å². The van der Waals surface area contributed by atoms with E-state index in [9.17, 15) is 4.39 Å². The number of H-pyrrole nitrogens is 1. The molecule has 0 aliphatic carbocycles. The fraction of sp³-hybridized carbons (Fsp3) is 0.300. The van der Waals surface area contributed by atoms with Crippen LogP contribution in [0.4, 0.5) is 4.39 Å². The van der Waals surface area contributed by atoms with Crippen LogP contribution in [0.15, 0.2) is 18.3 Å². The van der Waals surface area contributed by atoms with Crippen LogP contribution in [-0.2, 0) is 6.54 Å². The van der Waals surface area contributed by atoms with E-state index in [2.05, 4.69) is 22.1 Å². The first-order valence-electron chi connectivity index (χ1n) is 4.99. The summed E-state index contributed by atoms with van der Waals surface area (Å²) in [4.78, 5) is 3.98. The van der Waals surface area contributed by atoms with E-state index in [0.717, 1.165) is 13.0 Å². The molecule has 0 amide bonds. The molecule has 0 aromatic carbocycles. The summed E-state index contributed by atoms with van der Waals surface area (Å²) in [5, 5.41) is 6.81. The summed E-state index contributed by atoms with van der Waals surface area (Å²) in [5.41, 5.74) is 0.613. The molecule has 0 saturated heterocycles. The van der Waals surface area contributed by atoms with Crippen molar-refractivity contribution in [3.8, 4) is 11.5 Å². The zero-order chi connectivity index (χ0) is 11.5. The molecule has 0 saturated carbocycles. The van der Waals surface area contributed by atoms with Crippen LogP contribution in [0.5, 0.6) is 0 Å². The van der Waals surface area contributed by atoms with Crippen LogP contribution >= 0.6 is 12.2 Å². The van der Waals surface area contributed by atoms with Crippen molar-refractivity contribution in [3.05, 3.63) is 28.9 Å². The van der Waals surface area contributed by atoms with Crippen LogP contribution in [0.1, 0.15) is 13.3 Å². The van der Waals surface area contributed by atoms with Gasteiger partial charge in [-0.1, -0.05) is 6.92 Å². The number of halogens is 1. The van der Waals surface area contributed by atoms with Crippen molar-refractivity contribution in [2.45, 2.75) is 19.9 Å². The highest BCUT2D eigenvalue weighted by molar-refractivity contribution is 7.71. The molecule has 0 atom stereocenters. The van der Waals surface area contributed by atoms with Gasteiger partial charge in [0, 0.05) is 6.54 Å². The second-order valence-electron chi connectivity index (χ2n) is 3.37. The first-order chi connectivity index (χ1) is 7.72. The quantitative estimate of drug-likeness (QED) is 0.836. The van der Waals surface area contributed by atoms with Gasteiger partial charge in [-0.15, -0.1) is 0 Å². The van der Waals surface area contributed by atoms with Gasteiger partial charge >= 0.3 is 0 Å². The second-order valence-corrected chi connectivity index (χ2v) is 3.75. The average molecular weight is 238 g/mol. The number of aromatic nitrogens is 4. The monoisotopic (exact) mass is 238 g/mol. The second kappa shape index (κ2) is 4.52. The van der Waals surface area contributed by atoms with Crippen molar-refractivity contribution in [3.63, 3.8) is 0 Å². The van der Waals surface area contributed by atoms with E-state index in [0.29, 0.717) is 16.3 Å². The molecule has 84 valence electrons. The van der Waals surface area contributed by atoms with E-state index in [1.165, 1.54) is 12.3 Å². The standard InChI is InChI=1S/C10H11FN4S/c1-2-5-15-9(13-14-10(15)16)8-4-3-7(11)6-12-8/h3-4,6H,2,5H2,1H3,(H,14,16). The Bertz CT molecular complexity index is 528. The molecule has 6 heteroatoms. The Kier molecular flexibility index (Phi) is 3.09. The molecule has 0 bridgehead atoms. The van der Waals surface area contributed by atoms with Crippen LogP contribution in [0, 0.1) is 10.6 Å². The Hall–Kier alpha value is -1.56. The topological polar surface area (TPSA) is 46.5 Å². The van der Waals surface area contributed by atoms with Crippen molar-refractivity contribution < 1.29 is 4.39 Å². The molecule has 4 nitrogen and oxygen atoms in total. The number of aromatic amines is 1. The van der Waals surface area contributed by atoms with E-state index in [1.54, 1.807) is 6.07 Å². The first kappa shape index (κ1) is 10.9. The molecule has 0 aliphatic heterocycles. The SMILES string of the molecule is CCCn1c(-c2ccc(F)cn2)n[nH]c1=S. The van der Waals surface area contributed by atoms with Gasteiger partial charge in [0.05, 0.1) is 6.20 Å². The minimum Gasteiger partial charge on any atom is -0.299 e. The maximum absolute atomic E-state index is 12.7. The van der Waals surface area contributed by atoms with Crippen LogP contribution in [0.25, 0.3) is 11.5 Å². The summed E-state index contributed by atoms with van der Waals surface area (Å²) >= 11 is 5.11. The van der Waals surface area contributed by atoms with E-state index in [4.69, 9.17) is 12.2 Å². The summed E-state index contributed by atoms with van der Waals surface area (Å²) in [6.07, 6.45) is 2.12. The Morgan fingerprint density at radius 1 is 1.50 bits per heavy atom. The highest BCUT2D eigenvalue weighted by Gasteiger charge is 2.09. The van der Waals surface area contributed by atoms with Crippen LogP contribution in [0.3, 0.4) is 0 Å². The van der Waals surface area contributed by atoms with Gasteiger partial charge in [-0.2, -0.15) is 5.10 Å². The maximum atomic E-state index is 12.7. The van der Waals surface area contributed by atoms with E-state index in [1.807, 2.05) is 4.57 Å². The molecular weight excluding hydrogens is 227 g/mol. The van der Waals surface area contributed by atoms with Gasteiger partial charge in [0.1, 0.15) is 11.5 Å². The van der Waals surface area contributed by atoms with Crippen molar-refractivity contribution in [1.29, 1.82) is 0 Å². The Labute approximate surface area is 97.2 Å². The number of rotatable bonds is 3. The van der Waals surface area contributed by atoms with E-state index < -0.39 is 0 Å². The van der Waals surface area contributed by atoms with E-state index in [-0.39, 0.29) is 5.82 Å². The largest absolute Gasteiger partial charge is 0.299 e. The van der Waals surface area contributed by atoms with Gasteiger partial charge in [0.2, 0.25) is 0 Å². The fourth-order valence-corrected chi connectivity index (χ4v) is 1.68. The van der Waals surface area contributed by atoms with Crippen LogP contribution in [-0.4, -0.2) is 19.7 Å². The lowest BCUT2D eigenvalue weighted by Crippen LogP contribution is -2.01. The Morgan fingerprint density at radius 3 is 2.94 bits per heavy atom. The number of pyridine rings is 1. The van der Waals surface area contributed by atoms with Crippen molar-refractivity contribution in [1.82, 2.24) is 19.7 Å². The Balaban J connectivity index is 2.47. The minimum absolute atomic E-state index is 0.361. The van der Waals surface area contributed by atoms with Gasteiger partial charge in [-0.3, -0.25) is 9.67 Å². The number of nitrogens with one attached hydrogen (secondary N) is 1. The molecule has 2 aromatic rings. The van der Waals surface area contributed by atoms with Crippen molar-refractivity contribution in [2.75, 3.05) is 0 Å². The van der Waals surface area contributed by atoms with Gasteiger partial charge < -0.3 is 0 Å². The smallest absolute Gasteiger partial charge is 0.195 e. The molecule has 0 spiro atoms. The third kappa shape index (κ3) is 2.01. The lowest BCUT2D eigenvalue weighted by Gasteiger charge is -2.03. The fourth-order valence-electron chi connectivity index (χ4n) is 1.45. The molecule has 16 heavy (non-hydrogen) atoms. The summed E-state index contributed by atoms with van der Waals surface area (Å²) in [6, 6.07) is 2.95. The summed E-state index contributed by atoms with van der Waals surface area (Å²) < 4.78 is 15.2. The van der Waals surface area contributed by atoms with Gasteiger partial charge in [-0.25, -0.2) is 9.37 Å². The highest BCUT2D eigenvalue weighted by Crippen LogP contribution is 2.14. The van der Waals surface area contributed by atoms with Crippen molar-refractivity contribution in [2.24, 2.45) is 0 Å². The molecule has 2 rings (SSSR count). The predicted molar refractivity (Wildman–Crippen MR) is 60.9 cm³/mol. The van der Waals surface area contributed by atoms with Crippen molar-refractivity contribution >= 4 is 12.2 Å². The first-order valence-corrected chi connectivity index (χ1v) is 5.40. The summed E-state index contributed by atoms with van der Waals surface area (Å²) in [6.45, 7) is 2.82. The summed E-state index contributed by atoms with van der Waals surface area (Å²) in [7, 11) is 0. The molecule has 2 heterocycles. The van der Waals surface area contributed by atoms with Crippen LogP contribution in [0.2, 0.25) is 0 Å². The zero-order valence-electron chi connectivity index (χ0n) is 8.77. The average Bonchev–Trinajstić information content (AvgIpc) is 2.63. The van der Waals surface area contributed by atoms with E-state index >= 15 is 0 Å². The highest BCUT2D eigenvalue weighted by atomic mass is 32.1. The number of nitrogens with zero attached hydrogens (tertiary/aromatic N) is 3. The number of hydrogen-bond acceptors (Lipinski definition) is 3. The Morgan fingerprint density at radius 2 is 2.31 bits per heavy atom. The third-order valence-electron chi connectivity index (χ3n) is 2.16. The summed E-state index contributed by atoms with van der Waals surface area (Å²) in [5.74, 6) is 0.284. The maximum Gasteiger partial charge on any atom is 0.195 e. The molecule has 0 radical (unpaired) electrons. The molecular formula is C10H11FN4S.